The molecule has 1 saturated heterocycles. The molecule has 5 rings (SSSR count). The highest BCUT2D eigenvalue weighted by Gasteiger charge is 2.32. The van der Waals surface area contributed by atoms with E-state index < -0.39 is 11.7 Å². The Morgan fingerprint density at radius 1 is 0.857 bits per heavy atom. The van der Waals surface area contributed by atoms with E-state index >= 15 is 0 Å². The third kappa shape index (κ3) is 4.87. The molecule has 1 aliphatic rings. The largest absolute Gasteiger partial charge is 0.417 e. The molecule has 2 aromatic carbocycles. The van der Waals surface area contributed by atoms with Gasteiger partial charge in [0.1, 0.15) is 11.9 Å². The minimum atomic E-state index is -4.40. The molecule has 4 aromatic rings. The number of hydrogen-bond acceptors (Lipinski definition) is 4. The zero-order valence-corrected chi connectivity index (χ0v) is 19.1. The number of nitrogens with two attached hydrogens (primary N) is 1. The minimum Gasteiger partial charge on any atom is -0.384 e. The summed E-state index contributed by atoms with van der Waals surface area (Å²) in [6.45, 7) is 1.25. The van der Waals surface area contributed by atoms with Crippen LogP contribution in [0.1, 0.15) is 47.2 Å². The maximum Gasteiger partial charge on any atom is 0.417 e. The molecule has 1 fully saturated rings. The fourth-order valence-corrected chi connectivity index (χ4v) is 4.77. The number of rotatable bonds is 5. The van der Waals surface area contributed by atoms with Gasteiger partial charge in [-0.25, -0.2) is 4.68 Å². The summed E-state index contributed by atoms with van der Waals surface area (Å²) >= 11 is 0. The predicted octanol–water partition coefficient (Wildman–Crippen LogP) is 5.90. The van der Waals surface area contributed by atoms with Gasteiger partial charge in [-0.05, 0) is 30.0 Å². The van der Waals surface area contributed by atoms with Crippen molar-refractivity contribution in [2.24, 2.45) is 0 Å². The second kappa shape index (κ2) is 9.44. The summed E-state index contributed by atoms with van der Waals surface area (Å²) in [5.74, 6) is 0.767. The first-order chi connectivity index (χ1) is 16.9. The summed E-state index contributed by atoms with van der Waals surface area (Å²) in [6.07, 6.45) is -0.504. The number of alkyl halides is 3. The lowest BCUT2D eigenvalue weighted by atomic mass is 9.93. The Bertz CT molecular complexity index is 1220. The van der Waals surface area contributed by atoms with Gasteiger partial charge < -0.3 is 10.6 Å². The van der Waals surface area contributed by atoms with E-state index in [1.165, 1.54) is 12.3 Å². The average Bonchev–Trinajstić information content (AvgIpc) is 3.26. The van der Waals surface area contributed by atoms with Crippen LogP contribution in [0.4, 0.5) is 24.7 Å². The highest BCUT2D eigenvalue weighted by Crippen LogP contribution is 2.35. The number of anilines is 2. The highest BCUT2D eigenvalue weighted by atomic mass is 19.4. The number of halogens is 3. The number of aromatic nitrogens is 3. The van der Waals surface area contributed by atoms with Gasteiger partial charge in [0.2, 0.25) is 0 Å². The van der Waals surface area contributed by atoms with Crippen LogP contribution in [-0.2, 0) is 6.18 Å². The fraction of sp³-hybridized carbons (Fsp3) is 0.259. The molecule has 0 radical (unpaired) electrons. The number of piperidine rings is 1. The summed E-state index contributed by atoms with van der Waals surface area (Å²) in [7, 11) is 0. The van der Waals surface area contributed by atoms with Crippen LogP contribution in [-0.4, -0.2) is 27.9 Å². The summed E-state index contributed by atoms with van der Waals surface area (Å²) < 4.78 is 41.1. The van der Waals surface area contributed by atoms with Crippen LogP contribution in [0.2, 0.25) is 0 Å². The van der Waals surface area contributed by atoms with Crippen molar-refractivity contribution >= 4 is 11.5 Å². The van der Waals surface area contributed by atoms with Gasteiger partial charge >= 0.3 is 6.18 Å². The molecule has 180 valence electrons. The molecule has 0 aliphatic carbocycles. The van der Waals surface area contributed by atoms with E-state index in [0.29, 0.717) is 24.6 Å². The summed E-state index contributed by atoms with van der Waals surface area (Å²) in [6, 6.07) is 23.2. The van der Waals surface area contributed by atoms with Crippen LogP contribution in [0, 0.1) is 0 Å². The Labute approximate surface area is 202 Å². The van der Waals surface area contributed by atoms with Crippen molar-refractivity contribution in [3.05, 3.63) is 108 Å². The van der Waals surface area contributed by atoms with Gasteiger partial charge in [0.15, 0.2) is 0 Å². The highest BCUT2D eigenvalue weighted by molar-refractivity contribution is 5.48. The van der Waals surface area contributed by atoms with Crippen molar-refractivity contribution in [1.82, 2.24) is 14.8 Å². The van der Waals surface area contributed by atoms with Gasteiger partial charge in [0.05, 0.1) is 23.1 Å². The van der Waals surface area contributed by atoms with Crippen molar-refractivity contribution in [3.63, 3.8) is 0 Å². The van der Waals surface area contributed by atoms with Crippen molar-refractivity contribution in [2.45, 2.75) is 31.0 Å². The molecule has 3 heterocycles. The number of benzene rings is 2. The first-order valence-electron chi connectivity index (χ1n) is 11.6. The Morgan fingerprint density at radius 3 is 2.03 bits per heavy atom. The van der Waals surface area contributed by atoms with E-state index in [1.54, 1.807) is 0 Å². The molecule has 0 atom stereocenters. The van der Waals surface area contributed by atoms with Gasteiger partial charge in [0.25, 0.3) is 0 Å². The van der Waals surface area contributed by atoms with E-state index in [2.05, 4.69) is 29.2 Å². The van der Waals surface area contributed by atoms with Crippen molar-refractivity contribution in [2.75, 3.05) is 23.7 Å². The number of nitrogen functional groups attached to an aromatic ring is 1. The van der Waals surface area contributed by atoms with Crippen LogP contribution in [0.25, 0.3) is 0 Å². The third-order valence-electron chi connectivity index (χ3n) is 6.59. The molecule has 0 spiro atoms. The van der Waals surface area contributed by atoms with E-state index in [0.717, 1.165) is 35.9 Å². The summed E-state index contributed by atoms with van der Waals surface area (Å²) in [5, 5.41) is 4.94. The lowest BCUT2D eigenvalue weighted by molar-refractivity contribution is -0.137. The standard InChI is InChI=1S/C27H26F3N5/c28-27(29,30)22-15-23(18-32-17-22)34-13-11-19(12-14-34)24-16-25(31)35(33-24)26(20-7-3-1-4-8-20)21-9-5-2-6-10-21/h1-10,15-19,26H,11-14,31H2. The molecule has 0 unspecified atom stereocenters. The fourth-order valence-electron chi connectivity index (χ4n) is 4.77. The normalized spacial score (nSPS) is 15.0. The molecule has 2 aromatic heterocycles. The number of pyridine rings is 1. The van der Waals surface area contributed by atoms with Crippen molar-refractivity contribution in [3.8, 4) is 0 Å². The summed E-state index contributed by atoms with van der Waals surface area (Å²) in [5.41, 5.74) is 9.34. The molecule has 0 saturated carbocycles. The maximum absolute atomic E-state index is 13.1. The number of hydrogen-bond donors (Lipinski definition) is 1. The molecule has 35 heavy (non-hydrogen) atoms. The second-order valence-corrected chi connectivity index (χ2v) is 8.85. The van der Waals surface area contributed by atoms with Crippen LogP contribution in [0.5, 0.6) is 0 Å². The van der Waals surface area contributed by atoms with Crippen LogP contribution in [0.3, 0.4) is 0 Å². The SMILES string of the molecule is Nc1cc(C2CCN(c3cncc(C(F)(F)F)c3)CC2)nn1C(c1ccccc1)c1ccccc1. The molecule has 8 heteroatoms. The van der Waals surface area contributed by atoms with Gasteiger partial charge in [-0.15, -0.1) is 0 Å². The quantitative estimate of drug-likeness (QED) is 0.389. The molecular weight excluding hydrogens is 451 g/mol. The third-order valence-corrected chi connectivity index (χ3v) is 6.59. The molecule has 2 N–H and O–H groups in total. The Hall–Kier alpha value is -3.81. The van der Waals surface area contributed by atoms with Gasteiger partial charge in [-0.1, -0.05) is 60.7 Å². The van der Waals surface area contributed by atoms with E-state index in [4.69, 9.17) is 10.8 Å². The Morgan fingerprint density at radius 2 is 1.46 bits per heavy atom. The first-order valence-corrected chi connectivity index (χ1v) is 11.6. The van der Waals surface area contributed by atoms with Crippen LogP contribution < -0.4 is 10.6 Å². The molecule has 0 amide bonds. The monoisotopic (exact) mass is 477 g/mol. The van der Waals surface area contributed by atoms with Gasteiger partial charge in [-0.3, -0.25) is 4.98 Å². The zero-order chi connectivity index (χ0) is 24.4. The maximum atomic E-state index is 13.1. The molecule has 5 nitrogen and oxygen atoms in total. The van der Waals surface area contributed by atoms with Gasteiger partial charge in [-0.2, -0.15) is 18.3 Å². The second-order valence-electron chi connectivity index (χ2n) is 8.85. The molecule has 1 aliphatic heterocycles. The van der Waals surface area contributed by atoms with E-state index in [9.17, 15) is 13.2 Å². The van der Waals surface area contributed by atoms with Crippen LogP contribution in [0.15, 0.2) is 85.2 Å². The van der Waals surface area contributed by atoms with Gasteiger partial charge in [0, 0.05) is 31.3 Å². The van der Waals surface area contributed by atoms with E-state index in [-0.39, 0.29) is 12.0 Å². The topological polar surface area (TPSA) is 60.0 Å². The lowest BCUT2D eigenvalue weighted by Crippen LogP contribution is -2.33. The molecular formula is C27H26F3N5. The first kappa shape index (κ1) is 23.0. The number of nitrogens with zero attached hydrogens (tertiary/aromatic N) is 4. The average molecular weight is 478 g/mol. The Kier molecular flexibility index (Phi) is 6.19. The minimum absolute atomic E-state index is 0.151. The van der Waals surface area contributed by atoms with Crippen LogP contribution >= 0.6 is 0 Å². The Balaban J connectivity index is 1.36. The van der Waals surface area contributed by atoms with E-state index in [1.807, 2.05) is 52.0 Å². The van der Waals surface area contributed by atoms with Crippen molar-refractivity contribution < 1.29 is 13.2 Å². The smallest absolute Gasteiger partial charge is 0.384 e. The lowest BCUT2D eigenvalue weighted by Gasteiger charge is -2.33. The zero-order valence-electron chi connectivity index (χ0n) is 19.1. The summed E-state index contributed by atoms with van der Waals surface area (Å²) in [4.78, 5) is 5.76. The predicted molar refractivity (Wildman–Crippen MR) is 130 cm³/mol. The molecule has 0 bridgehead atoms. The van der Waals surface area contributed by atoms with Crippen molar-refractivity contribution in [1.29, 1.82) is 0 Å².